The molecule has 2 aromatic heterocycles. The van der Waals surface area contributed by atoms with E-state index in [0.717, 1.165) is 19.3 Å². The van der Waals surface area contributed by atoms with Crippen molar-refractivity contribution < 1.29 is 13.2 Å². The molecule has 1 saturated carbocycles. The molecule has 226 valence electrons. The fraction of sp³-hybridized carbons (Fsp3) is 0.515. The van der Waals surface area contributed by atoms with Crippen LogP contribution in [0.2, 0.25) is 0 Å². The van der Waals surface area contributed by atoms with Crippen LogP contribution in [0, 0.1) is 30.0 Å². The Kier molecular flexibility index (Phi) is 7.80. The SMILES string of the molecule is Cc1nc2c3cc(C4(C#N)CC4)c(=O)n(c3n1)CCCC/C=C\CN1CCC(CC1)C(F)(F)c1cccc(c1F)[C@@H](C)N2. The van der Waals surface area contributed by atoms with Gasteiger partial charge in [-0.3, -0.25) is 14.3 Å². The molecule has 3 aliphatic heterocycles. The van der Waals surface area contributed by atoms with Crippen molar-refractivity contribution >= 4 is 16.9 Å². The molecule has 2 fully saturated rings. The number of fused-ring (bicyclic) bond motifs is 8. The summed E-state index contributed by atoms with van der Waals surface area (Å²) in [5.74, 6) is -4.38. The highest BCUT2D eigenvalue weighted by Crippen LogP contribution is 2.47. The molecule has 1 aliphatic carbocycles. The maximum atomic E-state index is 16.0. The van der Waals surface area contributed by atoms with E-state index in [1.54, 1.807) is 24.5 Å². The molecule has 5 heterocycles. The van der Waals surface area contributed by atoms with Crippen LogP contribution < -0.4 is 10.9 Å². The largest absolute Gasteiger partial charge is 0.363 e. The van der Waals surface area contributed by atoms with Crippen molar-refractivity contribution in [2.24, 2.45) is 5.92 Å². The van der Waals surface area contributed by atoms with Gasteiger partial charge in [-0.05, 0) is 77.9 Å². The van der Waals surface area contributed by atoms with Crippen LogP contribution in [0.5, 0.6) is 0 Å². The van der Waals surface area contributed by atoms with Gasteiger partial charge in [-0.15, -0.1) is 0 Å². The number of nitrogens with zero attached hydrogens (tertiary/aromatic N) is 5. The number of alkyl halides is 2. The monoisotopic (exact) mass is 590 g/mol. The number of hydrogen-bond acceptors (Lipinski definition) is 6. The number of aryl methyl sites for hydroxylation is 2. The minimum Gasteiger partial charge on any atom is -0.363 e. The lowest BCUT2D eigenvalue weighted by molar-refractivity contribution is -0.0872. The normalized spacial score (nSPS) is 25.8. The molecule has 7 rings (SSSR count). The zero-order valence-corrected chi connectivity index (χ0v) is 24.7. The lowest BCUT2D eigenvalue weighted by Gasteiger charge is -2.36. The van der Waals surface area contributed by atoms with Crippen molar-refractivity contribution in [1.82, 2.24) is 19.4 Å². The number of nitriles is 1. The molecule has 0 amide bonds. The van der Waals surface area contributed by atoms with Gasteiger partial charge in [0.2, 0.25) is 0 Å². The molecule has 3 aromatic rings. The number of piperidine rings is 1. The maximum Gasteiger partial charge on any atom is 0.278 e. The molecule has 0 unspecified atom stereocenters. The molecule has 7 nitrogen and oxygen atoms in total. The van der Waals surface area contributed by atoms with Crippen molar-refractivity contribution in [2.75, 3.05) is 25.0 Å². The Morgan fingerprint density at radius 3 is 2.56 bits per heavy atom. The summed E-state index contributed by atoms with van der Waals surface area (Å²) in [6, 6.07) is 7.52. The van der Waals surface area contributed by atoms with E-state index in [1.165, 1.54) is 18.2 Å². The number of hydrogen-bond donors (Lipinski definition) is 1. The van der Waals surface area contributed by atoms with Crippen molar-refractivity contribution in [2.45, 2.75) is 82.7 Å². The van der Waals surface area contributed by atoms with Gasteiger partial charge in [-0.2, -0.15) is 5.26 Å². The van der Waals surface area contributed by atoms with Crippen molar-refractivity contribution in [3.8, 4) is 6.07 Å². The Labute approximate surface area is 249 Å². The fourth-order valence-corrected chi connectivity index (χ4v) is 6.58. The van der Waals surface area contributed by atoms with Gasteiger partial charge in [-0.25, -0.2) is 23.1 Å². The number of aromatic nitrogens is 3. The summed E-state index contributed by atoms with van der Waals surface area (Å²) < 4.78 is 49.3. The molecule has 0 radical (unpaired) electrons. The molecule has 1 atom stereocenters. The molecular weight excluding hydrogens is 553 g/mol. The van der Waals surface area contributed by atoms with Crippen molar-refractivity contribution in [3.05, 3.63) is 75.1 Å². The number of pyridine rings is 1. The van der Waals surface area contributed by atoms with Gasteiger partial charge in [0.15, 0.2) is 0 Å². The highest BCUT2D eigenvalue weighted by molar-refractivity contribution is 5.88. The lowest BCUT2D eigenvalue weighted by atomic mass is 9.85. The van der Waals surface area contributed by atoms with Crippen LogP contribution in [0.4, 0.5) is 19.0 Å². The minimum atomic E-state index is -3.31. The van der Waals surface area contributed by atoms with Gasteiger partial charge in [0.25, 0.3) is 11.5 Å². The van der Waals surface area contributed by atoms with Crippen molar-refractivity contribution in [1.29, 1.82) is 5.26 Å². The molecule has 10 heteroatoms. The molecule has 1 saturated heterocycles. The van der Waals surface area contributed by atoms with E-state index in [4.69, 9.17) is 0 Å². The predicted octanol–water partition coefficient (Wildman–Crippen LogP) is 6.51. The summed E-state index contributed by atoms with van der Waals surface area (Å²) in [5, 5.41) is 13.7. The van der Waals surface area contributed by atoms with Gasteiger partial charge in [0.05, 0.1) is 28.5 Å². The van der Waals surface area contributed by atoms with E-state index in [-0.39, 0.29) is 11.1 Å². The van der Waals surface area contributed by atoms with E-state index >= 15 is 13.2 Å². The summed E-state index contributed by atoms with van der Waals surface area (Å²) in [6.45, 7) is 5.62. The number of anilines is 1. The maximum absolute atomic E-state index is 16.0. The highest BCUT2D eigenvalue weighted by Gasteiger charge is 2.48. The molecule has 4 aliphatic rings. The van der Waals surface area contributed by atoms with E-state index in [9.17, 15) is 10.1 Å². The van der Waals surface area contributed by atoms with E-state index in [1.807, 2.05) is 0 Å². The first-order chi connectivity index (χ1) is 20.6. The summed E-state index contributed by atoms with van der Waals surface area (Å²) in [6.07, 6.45) is 8.40. The van der Waals surface area contributed by atoms with Gasteiger partial charge >= 0.3 is 0 Å². The summed E-state index contributed by atoms with van der Waals surface area (Å²) >= 11 is 0. The molecular formula is C33H37F3N6O. The standard InChI is InChI=1S/C33H37F3N6O/c1-21-24-9-8-10-26(28(24)34)33(35,36)23-11-17-41(18-12-23)15-6-4-3-5-7-16-42-30-25(29(38-21)39-22(2)40-30)19-27(31(42)43)32(20-37)13-14-32/h4,6,8-10,19,21,23H,3,5,7,11-18H2,1-2H3,(H,38,39,40)/b6-4-/t21-/m1/s1. The first kappa shape index (κ1) is 29.4. The number of halogens is 3. The number of benzene rings is 1. The lowest BCUT2D eigenvalue weighted by Crippen LogP contribution is -2.40. The molecule has 0 spiro atoms. The molecule has 8 bridgehead atoms. The predicted molar refractivity (Wildman–Crippen MR) is 160 cm³/mol. The number of allylic oxidation sites excluding steroid dienone is 1. The average Bonchev–Trinajstić information content (AvgIpc) is 3.78. The van der Waals surface area contributed by atoms with E-state index in [0.29, 0.717) is 80.1 Å². The van der Waals surface area contributed by atoms with Crippen LogP contribution in [-0.4, -0.2) is 39.1 Å². The second kappa shape index (κ2) is 11.4. The summed E-state index contributed by atoms with van der Waals surface area (Å²) in [4.78, 5) is 25.2. The van der Waals surface area contributed by atoms with Crippen LogP contribution in [0.3, 0.4) is 0 Å². The Hall–Kier alpha value is -3.71. The second-order valence-electron chi connectivity index (χ2n) is 12.3. The van der Waals surface area contributed by atoms with Crippen LogP contribution >= 0.6 is 0 Å². The molecule has 1 N–H and O–H groups in total. The van der Waals surface area contributed by atoms with Gasteiger partial charge < -0.3 is 5.32 Å². The zero-order chi connectivity index (χ0) is 30.4. The quantitative estimate of drug-likeness (QED) is 0.325. The topological polar surface area (TPSA) is 86.8 Å². The third kappa shape index (κ3) is 5.44. The van der Waals surface area contributed by atoms with Crippen LogP contribution in [0.15, 0.2) is 41.2 Å². The third-order valence-electron chi connectivity index (χ3n) is 9.38. The minimum absolute atomic E-state index is 0.110. The highest BCUT2D eigenvalue weighted by atomic mass is 19.3. The Balaban J connectivity index is 1.47. The fourth-order valence-electron chi connectivity index (χ4n) is 6.58. The molecule has 43 heavy (non-hydrogen) atoms. The van der Waals surface area contributed by atoms with Gasteiger partial charge in [0.1, 0.15) is 23.1 Å². The summed E-state index contributed by atoms with van der Waals surface area (Å²) in [7, 11) is 0. The van der Waals surface area contributed by atoms with Crippen LogP contribution in [-0.2, 0) is 17.9 Å². The van der Waals surface area contributed by atoms with Crippen molar-refractivity contribution in [3.63, 3.8) is 0 Å². The number of nitrogens with one attached hydrogen (secondary N) is 1. The van der Waals surface area contributed by atoms with Gasteiger partial charge in [-0.1, -0.05) is 30.4 Å². The Morgan fingerprint density at radius 2 is 1.84 bits per heavy atom. The van der Waals surface area contributed by atoms with Gasteiger partial charge in [0, 0.05) is 30.1 Å². The molecule has 1 aromatic carbocycles. The van der Waals surface area contributed by atoms with E-state index < -0.39 is 34.7 Å². The van der Waals surface area contributed by atoms with Crippen LogP contribution in [0.25, 0.3) is 11.0 Å². The first-order valence-corrected chi connectivity index (χ1v) is 15.3. The zero-order valence-electron chi connectivity index (χ0n) is 24.7. The first-order valence-electron chi connectivity index (χ1n) is 15.3. The number of rotatable bonds is 1. The smallest absolute Gasteiger partial charge is 0.278 e. The van der Waals surface area contributed by atoms with E-state index in [2.05, 4.69) is 38.4 Å². The average molecular weight is 591 g/mol. The Bertz CT molecular complexity index is 1660. The third-order valence-corrected chi connectivity index (χ3v) is 9.38. The Morgan fingerprint density at radius 1 is 1.07 bits per heavy atom. The summed E-state index contributed by atoms with van der Waals surface area (Å²) in [5.41, 5.74) is -0.664. The van der Waals surface area contributed by atoms with Crippen LogP contribution in [0.1, 0.15) is 80.4 Å². The second-order valence-corrected chi connectivity index (χ2v) is 12.3.